The van der Waals surface area contributed by atoms with Gasteiger partial charge in [0.2, 0.25) is 0 Å². The molecule has 1 fully saturated rings. The van der Waals surface area contributed by atoms with E-state index in [0.717, 1.165) is 24.2 Å². The Morgan fingerprint density at radius 1 is 1.39 bits per heavy atom. The van der Waals surface area contributed by atoms with E-state index < -0.39 is 5.97 Å². The highest BCUT2D eigenvalue weighted by Crippen LogP contribution is 2.29. The number of ether oxygens (including phenoxy) is 3. The number of halogens is 1. The summed E-state index contributed by atoms with van der Waals surface area (Å²) in [7, 11) is 2.90. The molecular weight excluding hydrogens is 320 g/mol. The standard InChI is InChI=1S/C16H19ClN2O4/c1-21-13-8-10(16(20)22-2)7-12-15(13)18-14(9-17)19(12)5-6-23-11-3-4-11/h7-8,11H,3-6,9H2,1-2H3. The maximum absolute atomic E-state index is 11.9. The molecule has 6 nitrogen and oxygen atoms in total. The van der Waals surface area contributed by atoms with E-state index in [-0.39, 0.29) is 5.88 Å². The molecule has 0 unspecified atom stereocenters. The first-order chi connectivity index (χ1) is 11.2. The van der Waals surface area contributed by atoms with Crippen LogP contribution < -0.4 is 4.74 Å². The van der Waals surface area contributed by atoms with E-state index in [2.05, 4.69) is 4.98 Å². The van der Waals surface area contributed by atoms with Gasteiger partial charge in [0, 0.05) is 6.54 Å². The molecule has 0 spiro atoms. The van der Waals surface area contributed by atoms with E-state index >= 15 is 0 Å². The zero-order chi connectivity index (χ0) is 16.4. The van der Waals surface area contributed by atoms with Gasteiger partial charge in [0.15, 0.2) is 0 Å². The number of nitrogens with zero attached hydrogens (tertiary/aromatic N) is 2. The van der Waals surface area contributed by atoms with E-state index in [9.17, 15) is 4.79 Å². The first-order valence-corrected chi connectivity index (χ1v) is 8.04. The Bertz CT molecular complexity index is 724. The highest BCUT2D eigenvalue weighted by atomic mass is 35.5. The molecule has 0 saturated heterocycles. The van der Waals surface area contributed by atoms with E-state index in [1.54, 1.807) is 19.2 Å². The minimum absolute atomic E-state index is 0.273. The quantitative estimate of drug-likeness (QED) is 0.574. The third-order valence-corrected chi connectivity index (χ3v) is 4.09. The van der Waals surface area contributed by atoms with E-state index in [1.807, 2.05) is 4.57 Å². The first kappa shape index (κ1) is 16.1. The van der Waals surface area contributed by atoms with Gasteiger partial charge in [-0.1, -0.05) is 0 Å². The topological polar surface area (TPSA) is 62.6 Å². The number of alkyl halides is 1. The van der Waals surface area contributed by atoms with Crippen molar-refractivity contribution in [3.05, 3.63) is 23.5 Å². The van der Waals surface area contributed by atoms with Crippen molar-refractivity contribution >= 4 is 28.6 Å². The van der Waals surface area contributed by atoms with Gasteiger partial charge >= 0.3 is 5.97 Å². The fourth-order valence-electron chi connectivity index (χ4n) is 2.53. The Morgan fingerprint density at radius 3 is 2.78 bits per heavy atom. The van der Waals surface area contributed by atoms with Crippen LogP contribution in [0.15, 0.2) is 12.1 Å². The minimum Gasteiger partial charge on any atom is -0.494 e. The Morgan fingerprint density at radius 2 is 2.17 bits per heavy atom. The van der Waals surface area contributed by atoms with Crippen LogP contribution in [0.2, 0.25) is 0 Å². The summed E-state index contributed by atoms with van der Waals surface area (Å²) in [5.74, 6) is 1.10. The largest absolute Gasteiger partial charge is 0.494 e. The highest BCUT2D eigenvalue weighted by molar-refractivity contribution is 6.17. The zero-order valence-corrected chi connectivity index (χ0v) is 13.9. The summed E-state index contributed by atoms with van der Waals surface area (Å²) >= 11 is 6.03. The molecule has 0 amide bonds. The normalized spacial score (nSPS) is 14.2. The van der Waals surface area contributed by atoms with Crippen molar-refractivity contribution in [3.63, 3.8) is 0 Å². The molecule has 0 radical (unpaired) electrons. The molecular formula is C16H19ClN2O4. The molecule has 2 aromatic rings. The maximum atomic E-state index is 11.9. The average Bonchev–Trinajstić information content (AvgIpc) is 3.33. The van der Waals surface area contributed by atoms with Crippen LogP contribution in [-0.2, 0) is 21.9 Å². The van der Waals surface area contributed by atoms with Gasteiger partial charge in [-0.25, -0.2) is 9.78 Å². The Balaban J connectivity index is 2.01. The van der Waals surface area contributed by atoms with Crippen LogP contribution in [0.4, 0.5) is 0 Å². The highest BCUT2D eigenvalue weighted by Gasteiger charge is 2.22. The van der Waals surface area contributed by atoms with Crippen LogP contribution in [0.5, 0.6) is 5.75 Å². The van der Waals surface area contributed by atoms with Crippen molar-refractivity contribution in [1.82, 2.24) is 9.55 Å². The van der Waals surface area contributed by atoms with Gasteiger partial charge in [-0.15, -0.1) is 11.6 Å². The van der Waals surface area contributed by atoms with Gasteiger partial charge in [-0.2, -0.15) is 0 Å². The number of hydrogen-bond acceptors (Lipinski definition) is 5. The molecule has 1 aromatic heterocycles. The predicted molar refractivity (Wildman–Crippen MR) is 86.2 cm³/mol. The molecule has 1 aliphatic carbocycles. The fraction of sp³-hybridized carbons (Fsp3) is 0.500. The van der Waals surface area contributed by atoms with Gasteiger partial charge in [0.1, 0.15) is 17.1 Å². The van der Waals surface area contributed by atoms with Crippen LogP contribution in [0.25, 0.3) is 11.0 Å². The number of carbonyl (C=O) groups is 1. The number of benzene rings is 1. The lowest BCUT2D eigenvalue weighted by molar-refractivity contribution is 0.0600. The molecule has 0 atom stereocenters. The lowest BCUT2D eigenvalue weighted by Gasteiger charge is -2.10. The van der Waals surface area contributed by atoms with Crippen LogP contribution >= 0.6 is 11.6 Å². The van der Waals surface area contributed by atoms with E-state index in [1.165, 1.54) is 7.11 Å². The van der Waals surface area contributed by atoms with E-state index in [4.69, 9.17) is 25.8 Å². The summed E-state index contributed by atoms with van der Waals surface area (Å²) in [4.78, 5) is 16.4. The van der Waals surface area contributed by atoms with Gasteiger partial charge in [-0.3, -0.25) is 0 Å². The van der Waals surface area contributed by atoms with Crippen molar-refractivity contribution in [1.29, 1.82) is 0 Å². The van der Waals surface area contributed by atoms with Gasteiger partial charge < -0.3 is 18.8 Å². The Hall–Kier alpha value is -1.79. The lowest BCUT2D eigenvalue weighted by Crippen LogP contribution is -2.10. The molecule has 1 aliphatic rings. The first-order valence-electron chi connectivity index (χ1n) is 7.51. The molecule has 1 heterocycles. The monoisotopic (exact) mass is 338 g/mol. The number of imidazole rings is 1. The second kappa shape index (κ2) is 6.76. The number of aromatic nitrogens is 2. The number of methoxy groups -OCH3 is 2. The zero-order valence-electron chi connectivity index (χ0n) is 13.2. The average molecular weight is 339 g/mol. The summed E-state index contributed by atoms with van der Waals surface area (Å²) in [6.07, 6.45) is 2.66. The third kappa shape index (κ3) is 3.28. The summed E-state index contributed by atoms with van der Waals surface area (Å²) in [6, 6.07) is 3.38. The lowest BCUT2D eigenvalue weighted by atomic mass is 10.2. The van der Waals surface area contributed by atoms with Crippen LogP contribution in [-0.4, -0.2) is 42.5 Å². The number of fused-ring (bicyclic) bond motifs is 1. The third-order valence-electron chi connectivity index (χ3n) is 3.85. The van der Waals surface area contributed by atoms with Crippen molar-refractivity contribution in [2.24, 2.45) is 0 Å². The van der Waals surface area contributed by atoms with Crippen molar-refractivity contribution in [2.75, 3.05) is 20.8 Å². The van der Waals surface area contributed by atoms with Crippen molar-refractivity contribution in [3.8, 4) is 5.75 Å². The van der Waals surface area contributed by atoms with Gasteiger partial charge in [-0.05, 0) is 25.0 Å². The van der Waals surface area contributed by atoms with Gasteiger partial charge in [0.25, 0.3) is 0 Å². The summed E-state index contributed by atoms with van der Waals surface area (Å²) in [5, 5.41) is 0. The molecule has 0 N–H and O–H groups in total. The van der Waals surface area contributed by atoms with E-state index in [0.29, 0.717) is 36.1 Å². The van der Waals surface area contributed by atoms with Crippen molar-refractivity contribution in [2.45, 2.75) is 31.4 Å². The molecule has 1 aromatic carbocycles. The molecule has 7 heteroatoms. The predicted octanol–water partition coefficient (Wildman–Crippen LogP) is 2.75. The smallest absolute Gasteiger partial charge is 0.338 e. The SMILES string of the molecule is COC(=O)c1cc(OC)c2nc(CCl)n(CCOC3CC3)c2c1. The fourth-order valence-corrected chi connectivity index (χ4v) is 2.73. The Labute approximate surface area is 139 Å². The molecule has 0 bridgehead atoms. The number of carbonyl (C=O) groups excluding carboxylic acids is 1. The summed E-state index contributed by atoms with van der Waals surface area (Å²) in [6.45, 7) is 1.22. The molecule has 124 valence electrons. The summed E-state index contributed by atoms with van der Waals surface area (Å²) in [5.41, 5.74) is 1.89. The Kier molecular flexibility index (Phi) is 4.73. The number of rotatable bonds is 7. The van der Waals surface area contributed by atoms with Crippen molar-refractivity contribution < 1.29 is 19.0 Å². The number of esters is 1. The maximum Gasteiger partial charge on any atom is 0.338 e. The van der Waals surface area contributed by atoms with Gasteiger partial charge in [0.05, 0.1) is 43.9 Å². The second-order valence-corrected chi connectivity index (χ2v) is 5.69. The van der Waals surface area contributed by atoms with Crippen LogP contribution in [0, 0.1) is 0 Å². The molecule has 3 rings (SSSR count). The second-order valence-electron chi connectivity index (χ2n) is 5.42. The summed E-state index contributed by atoms with van der Waals surface area (Å²) < 4.78 is 17.9. The molecule has 0 aliphatic heterocycles. The van der Waals surface area contributed by atoms with Crippen LogP contribution in [0.1, 0.15) is 29.0 Å². The number of hydrogen-bond donors (Lipinski definition) is 0. The van der Waals surface area contributed by atoms with Crippen LogP contribution in [0.3, 0.4) is 0 Å². The molecule has 23 heavy (non-hydrogen) atoms. The minimum atomic E-state index is -0.417. The molecule has 1 saturated carbocycles.